The van der Waals surface area contributed by atoms with Gasteiger partial charge in [0, 0.05) is 13.1 Å². The standard InChI is InChI=1S/C13H27NO3S/c1-4-10-18(15,16)14-8-9-17-13(11-14)7-5-6-12(2)3/h12-13H,4-11H2,1-3H3. The van der Waals surface area contributed by atoms with E-state index in [9.17, 15) is 8.42 Å². The van der Waals surface area contributed by atoms with Crippen molar-refractivity contribution in [2.24, 2.45) is 5.92 Å². The van der Waals surface area contributed by atoms with Crippen LogP contribution in [0, 0.1) is 5.92 Å². The summed E-state index contributed by atoms with van der Waals surface area (Å²) in [5.41, 5.74) is 0. The molecule has 1 heterocycles. The van der Waals surface area contributed by atoms with Crippen LogP contribution in [0.4, 0.5) is 0 Å². The summed E-state index contributed by atoms with van der Waals surface area (Å²) < 4.78 is 31.2. The van der Waals surface area contributed by atoms with Crippen molar-refractivity contribution < 1.29 is 13.2 Å². The van der Waals surface area contributed by atoms with Crippen molar-refractivity contribution in [3.8, 4) is 0 Å². The minimum Gasteiger partial charge on any atom is -0.375 e. The lowest BCUT2D eigenvalue weighted by molar-refractivity contribution is -0.00706. The summed E-state index contributed by atoms with van der Waals surface area (Å²) in [5, 5.41) is 0. The first kappa shape index (κ1) is 15.9. The van der Waals surface area contributed by atoms with E-state index in [4.69, 9.17) is 4.74 Å². The van der Waals surface area contributed by atoms with Gasteiger partial charge in [-0.2, -0.15) is 4.31 Å². The number of nitrogens with zero attached hydrogens (tertiary/aromatic N) is 1. The van der Waals surface area contributed by atoms with E-state index in [2.05, 4.69) is 13.8 Å². The molecule has 0 aromatic rings. The summed E-state index contributed by atoms with van der Waals surface area (Å²) in [4.78, 5) is 0. The molecule has 1 aliphatic heterocycles. The largest absolute Gasteiger partial charge is 0.375 e. The van der Waals surface area contributed by atoms with Gasteiger partial charge < -0.3 is 4.74 Å². The number of hydrogen-bond donors (Lipinski definition) is 0. The molecular formula is C13H27NO3S. The van der Waals surface area contributed by atoms with Gasteiger partial charge >= 0.3 is 0 Å². The van der Waals surface area contributed by atoms with Gasteiger partial charge in [-0.25, -0.2) is 8.42 Å². The Morgan fingerprint density at radius 1 is 1.39 bits per heavy atom. The van der Waals surface area contributed by atoms with Gasteiger partial charge in [-0.1, -0.05) is 33.6 Å². The maximum absolute atomic E-state index is 12.0. The van der Waals surface area contributed by atoms with E-state index in [-0.39, 0.29) is 11.9 Å². The normalized spacial score (nSPS) is 22.6. The van der Waals surface area contributed by atoms with Crippen LogP contribution in [0.1, 0.15) is 46.5 Å². The van der Waals surface area contributed by atoms with E-state index < -0.39 is 10.0 Å². The van der Waals surface area contributed by atoms with Crippen molar-refractivity contribution in [2.75, 3.05) is 25.4 Å². The summed E-state index contributed by atoms with van der Waals surface area (Å²) in [6.07, 6.45) is 4.03. The Morgan fingerprint density at radius 3 is 2.72 bits per heavy atom. The van der Waals surface area contributed by atoms with Gasteiger partial charge in [0.2, 0.25) is 10.0 Å². The molecule has 0 amide bonds. The molecule has 4 nitrogen and oxygen atoms in total. The molecule has 1 saturated heterocycles. The average Bonchev–Trinajstić information content (AvgIpc) is 2.29. The molecule has 108 valence electrons. The average molecular weight is 277 g/mol. The van der Waals surface area contributed by atoms with Crippen LogP contribution in [0.15, 0.2) is 0 Å². The number of morpholine rings is 1. The van der Waals surface area contributed by atoms with Crippen molar-refractivity contribution in [1.82, 2.24) is 4.31 Å². The molecule has 0 aliphatic carbocycles. The molecule has 1 rings (SSSR count). The summed E-state index contributed by atoms with van der Waals surface area (Å²) in [5.74, 6) is 0.958. The number of sulfonamides is 1. The predicted molar refractivity (Wildman–Crippen MR) is 74.1 cm³/mol. The summed E-state index contributed by atoms with van der Waals surface area (Å²) in [7, 11) is -3.05. The Bertz CT molecular complexity index is 327. The van der Waals surface area contributed by atoms with Gasteiger partial charge in [-0.05, 0) is 18.8 Å². The summed E-state index contributed by atoms with van der Waals surface area (Å²) >= 11 is 0. The van der Waals surface area contributed by atoms with Crippen LogP contribution in [-0.2, 0) is 14.8 Å². The third-order valence-corrected chi connectivity index (χ3v) is 5.31. The van der Waals surface area contributed by atoms with Crippen LogP contribution < -0.4 is 0 Å². The quantitative estimate of drug-likeness (QED) is 0.717. The van der Waals surface area contributed by atoms with Crippen molar-refractivity contribution in [3.63, 3.8) is 0 Å². The molecule has 0 bridgehead atoms. The second-order valence-corrected chi connectivity index (χ2v) is 7.58. The van der Waals surface area contributed by atoms with Crippen LogP contribution in [0.5, 0.6) is 0 Å². The fourth-order valence-corrected chi connectivity index (χ4v) is 3.78. The molecule has 0 aromatic heterocycles. The van der Waals surface area contributed by atoms with Gasteiger partial charge in [-0.15, -0.1) is 0 Å². The highest BCUT2D eigenvalue weighted by Gasteiger charge is 2.28. The molecule has 0 saturated carbocycles. The van der Waals surface area contributed by atoms with E-state index in [1.54, 1.807) is 4.31 Å². The van der Waals surface area contributed by atoms with Crippen LogP contribution in [-0.4, -0.2) is 44.3 Å². The zero-order valence-corrected chi connectivity index (χ0v) is 12.7. The molecule has 0 aromatic carbocycles. The van der Waals surface area contributed by atoms with Gasteiger partial charge in [0.25, 0.3) is 0 Å². The minimum atomic E-state index is -3.05. The van der Waals surface area contributed by atoms with Crippen molar-refractivity contribution in [3.05, 3.63) is 0 Å². The van der Waals surface area contributed by atoms with Crippen LogP contribution in [0.2, 0.25) is 0 Å². The first-order chi connectivity index (χ1) is 8.45. The molecule has 1 fully saturated rings. The van der Waals surface area contributed by atoms with E-state index >= 15 is 0 Å². The number of hydrogen-bond acceptors (Lipinski definition) is 3. The van der Waals surface area contributed by atoms with E-state index in [1.165, 1.54) is 6.42 Å². The summed E-state index contributed by atoms with van der Waals surface area (Å²) in [6, 6.07) is 0. The van der Waals surface area contributed by atoms with E-state index in [1.807, 2.05) is 6.92 Å². The molecule has 0 radical (unpaired) electrons. The highest BCUT2D eigenvalue weighted by Crippen LogP contribution is 2.17. The molecule has 1 atom stereocenters. The second-order valence-electron chi connectivity index (χ2n) is 5.49. The van der Waals surface area contributed by atoms with E-state index in [0.717, 1.165) is 12.8 Å². The molecule has 0 spiro atoms. The van der Waals surface area contributed by atoms with Crippen LogP contribution >= 0.6 is 0 Å². The molecular weight excluding hydrogens is 250 g/mol. The Kier molecular flexibility index (Phi) is 6.60. The predicted octanol–water partition coefficient (Wildman–Crippen LogP) is 2.25. The molecule has 1 unspecified atom stereocenters. The molecule has 18 heavy (non-hydrogen) atoms. The Morgan fingerprint density at radius 2 is 2.11 bits per heavy atom. The van der Waals surface area contributed by atoms with Crippen LogP contribution in [0.3, 0.4) is 0 Å². The maximum atomic E-state index is 12.0. The fraction of sp³-hybridized carbons (Fsp3) is 1.00. The zero-order chi connectivity index (χ0) is 13.6. The molecule has 0 N–H and O–H groups in total. The minimum absolute atomic E-state index is 0.0872. The Balaban J connectivity index is 2.41. The number of rotatable bonds is 7. The van der Waals surface area contributed by atoms with Crippen molar-refractivity contribution in [2.45, 2.75) is 52.6 Å². The van der Waals surface area contributed by atoms with Crippen molar-refractivity contribution >= 4 is 10.0 Å². The number of ether oxygens (including phenoxy) is 1. The third-order valence-electron chi connectivity index (χ3n) is 3.26. The van der Waals surface area contributed by atoms with E-state index in [0.29, 0.717) is 32.0 Å². The fourth-order valence-electron chi connectivity index (χ4n) is 2.26. The molecule has 5 heteroatoms. The lowest BCUT2D eigenvalue weighted by Gasteiger charge is -2.32. The monoisotopic (exact) mass is 277 g/mol. The van der Waals surface area contributed by atoms with Crippen LogP contribution in [0.25, 0.3) is 0 Å². The highest BCUT2D eigenvalue weighted by atomic mass is 32.2. The Labute approximate surface area is 112 Å². The smallest absolute Gasteiger partial charge is 0.214 e. The highest BCUT2D eigenvalue weighted by molar-refractivity contribution is 7.89. The maximum Gasteiger partial charge on any atom is 0.214 e. The first-order valence-electron chi connectivity index (χ1n) is 7.05. The lowest BCUT2D eigenvalue weighted by Crippen LogP contribution is -2.46. The Hall–Kier alpha value is -0.130. The third kappa shape index (κ3) is 5.24. The second kappa shape index (κ2) is 7.46. The lowest BCUT2D eigenvalue weighted by atomic mass is 10.0. The van der Waals surface area contributed by atoms with Gasteiger partial charge in [0.15, 0.2) is 0 Å². The summed E-state index contributed by atoms with van der Waals surface area (Å²) in [6.45, 7) is 7.91. The topological polar surface area (TPSA) is 46.6 Å². The first-order valence-corrected chi connectivity index (χ1v) is 8.66. The van der Waals surface area contributed by atoms with Crippen molar-refractivity contribution in [1.29, 1.82) is 0 Å². The van der Waals surface area contributed by atoms with Gasteiger partial charge in [0.1, 0.15) is 0 Å². The van der Waals surface area contributed by atoms with Gasteiger partial charge in [0.05, 0.1) is 18.5 Å². The zero-order valence-electron chi connectivity index (χ0n) is 11.9. The van der Waals surface area contributed by atoms with Gasteiger partial charge in [-0.3, -0.25) is 0 Å². The molecule has 1 aliphatic rings. The SMILES string of the molecule is CCCS(=O)(=O)N1CCOC(CCCC(C)C)C1.